The van der Waals surface area contributed by atoms with Crippen LogP contribution in [0.5, 0.6) is 5.75 Å². The van der Waals surface area contributed by atoms with Crippen molar-refractivity contribution < 1.29 is 37.1 Å². The van der Waals surface area contributed by atoms with Gasteiger partial charge >= 0.3 is 5.97 Å². The van der Waals surface area contributed by atoms with Crippen LogP contribution in [-0.4, -0.2) is 82.7 Å². The number of nitrogens with one attached hydrogen (secondary N) is 1. The Kier molecular flexibility index (Phi) is 10.4. The molecule has 50 heavy (non-hydrogen) atoms. The largest absolute Gasteiger partial charge is 0.488 e. The zero-order chi connectivity index (χ0) is 36.8. The quantitative estimate of drug-likeness (QED) is 0.221. The van der Waals surface area contributed by atoms with E-state index in [-0.39, 0.29) is 25.8 Å². The molecule has 1 N–H and O–H groups in total. The lowest BCUT2D eigenvalue weighted by Crippen LogP contribution is -2.55. The van der Waals surface area contributed by atoms with E-state index in [0.29, 0.717) is 18.6 Å². The summed E-state index contributed by atoms with van der Waals surface area (Å²) in [6.07, 6.45) is 2.16. The van der Waals surface area contributed by atoms with Crippen LogP contribution in [0.25, 0.3) is 10.6 Å². The SMILES string of the molecule is C=C[C@@H]1C[C@]1(NC(=O)[C@@H]1C[C@@H](Oc2cc(C)nc(-c3cccs3)c2)CN1C(=O)[C@@H](CC(=O)OC(C)(C)C)C(C)(C)C)C(=O)CS(=O)(=O)C1CC1. The predicted molar refractivity (Wildman–Crippen MR) is 191 cm³/mol. The minimum Gasteiger partial charge on any atom is -0.488 e. The maximum Gasteiger partial charge on any atom is 0.307 e. The Morgan fingerprint density at radius 1 is 1.16 bits per heavy atom. The van der Waals surface area contributed by atoms with Crippen molar-refractivity contribution in [2.24, 2.45) is 17.3 Å². The van der Waals surface area contributed by atoms with Crippen LogP contribution >= 0.6 is 11.3 Å². The summed E-state index contributed by atoms with van der Waals surface area (Å²) < 4.78 is 37.6. The Morgan fingerprint density at radius 2 is 1.86 bits per heavy atom. The third-order valence-corrected chi connectivity index (χ3v) is 12.5. The van der Waals surface area contributed by atoms with Crippen LogP contribution in [0, 0.1) is 24.2 Å². The maximum atomic E-state index is 14.5. The molecule has 3 fully saturated rings. The molecule has 0 radical (unpaired) electrons. The minimum absolute atomic E-state index is 0.0510. The van der Waals surface area contributed by atoms with Crippen LogP contribution in [0.4, 0.5) is 0 Å². The average molecular weight is 728 g/mol. The number of thiophene rings is 1. The summed E-state index contributed by atoms with van der Waals surface area (Å²) in [6, 6.07) is 6.47. The van der Waals surface area contributed by atoms with Crippen molar-refractivity contribution in [3.8, 4) is 16.3 Å². The fourth-order valence-electron chi connectivity index (χ4n) is 6.60. The van der Waals surface area contributed by atoms with Gasteiger partial charge in [-0.25, -0.2) is 8.42 Å². The monoisotopic (exact) mass is 727 g/mol. The highest BCUT2D eigenvalue weighted by atomic mass is 32.2. The number of hydrogen-bond donors (Lipinski definition) is 1. The van der Waals surface area contributed by atoms with Gasteiger partial charge in [-0.05, 0) is 63.8 Å². The molecular weight excluding hydrogens is 679 g/mol. The first-order chi connectivity index (χ1) is 23.2. The summed E-state index contributed by atoms with van der Waals surface area (Å²) in [4.78, 5) is 62.3. The molecule has 0 unspecified atom stereocenters. The van der Waals surface area contributed by atoms with Gasteiger partial charge in [0, 0.05) is 30.2 Å². The smallest absolute Gasteiger partial charge is 0.307 e. The third-order valence-electron chi connectivity index (χ3n) is 9.49. The minimum atomic E-state index is -3.63. The first kappa shape index (κ1) is 37.7. The number of carbonyl (C=O) groups excluding carboxylic acids is 4. The van der Waals surface area contributed by atoms with Crippen molar-refractivity contribution in [3.63, 3.8) is 0 Å². The van der Waals surface area contributed by atoms with Crippen LogP contribution < -0.4 is 10.1 Å². The van der Waals surface area contributed by atoms with Gasteiger partial charge in [-0.2, -0.15) is 0 Å². The summed E-state index contributed by atoms with van der Waals surface area (Å²) in [7, 11) is -3.63. The number of likely N-dealkylation sites (tertiary alicyclic amines) is 1. The highest BCUT2D eigenvalue weighted by Crippen LogP contribution is 2.46. The summed E-state index contributed by atoms with van der Waals surface area (Å²) in [5, 5.41) is 4.32. The van der Waals surface area contributed by atoms with Crippen LogP contribution in [0.1, 0.15) is 79.3 Å². The van der Waals surface area contributed by atoms with Crippen molar-refractivity contribution in [2.75, 3.05) is 12.3 Å². The van der Waals surface area contributed by atoms with E-state index in [9.17, 15) is 27.6 Å². The number of aryl methyl sites for hydroxylation is 1. The molecule has 1 saturated heterocycles. The van der Waals surface area contributed by atoms with E-state index in [1.165, 1.54) is 4.90 Å². The second-order valence-corrected chi connectivity index (χ2v) is 19.2. The van der Waals surface area contributed by atoms with Crippen molar-refractivity contribution >= 4 is 44.7 Å². The zero-order valence-electron chi connectivity index (χ0n) is 30.0. The molecule has 11 nitrogen and oxygen atoms in total. The summed E-state index contributed by atoms with van der Waals surface area (Å²) in [5.74, 6) is -3.48. The lowest BCUT2D eigenvalue weighted by atomic mass is 9.77. The first-order valence-corrected chi connectivity index (χ1v) is 19.7. The fourth-order valence-corrected chi connectivity index (χ4v) is 9.00. The van der Waals surface area contributed by atoms with E-state index in [4.69, 9.17) is 9.47 Å². The highest BCUT2D eigenvalue weighted by Gasteiger charge is 2.61. The zero-order valence-corrected chi connectivity index (χ0v) is 31.6. The lowest BCUT2D eigenvalue weighted by Gasteiger charge is -2.35. The average Bonchev–Trinajstić information content (AvgIpc) is 3.86. The molecule has 2 aromatic heterocycles. The number of ether oxygens (including phenoxy) is 2. The summed E-state index contributed by atoms with van der Waals surface area (Å²) in [6.45, 7) is 16.6. The predicted octanol–water partition coefficient (Wildman–Crippen LogP) is 5.07. The number of hydrogen-bond acceptors (Lipinski definition) is 10. The van der Waals surface area contributed by atoms with Gasteiger partial charge < -0.3 is 19.7 Å². The second kappa shape index (κ2) is 13.9. The number of carbonyl (C=O) groups is 4. The molecule has 3 aliphatic rings. The van der Waals surface area contributed by atoms with Crippen molar-refractivity contribution in [1.29, 1.82) is 0 Å². The van der Waals surface area contributed by atoms with Gasteiger partial charge in [-0.1, -0.05) is 32.9 Å². The molecule has 2 amide bonds. The molecule has 2 aromatic rings. The van der Waals surface area contributed by atoms with E-state index in [1.54, 1.807) is 44.3 Å². The summed E-state index contributed by atoms with van der Waals surface area (Å²) >= 11 is 1.55. The van der Waals surface area contributed by atoms with Gasteiger partial charge in [0.1, 0.15) is 34.8 Å². The summed E-state index contributed by atoms with van der Waals surface area (Å²) in [5.41, 5.74) is -1.35. The molecule has 0 bridgehead atoms. The van der Waals surface area contributed by atoms with Crippen molar-refractivity contribution in [2.45, 2.75) is 109 Å². The third kappa shape index (κ3) is 8.65. The van der Waals surface area contributed by atoms with Crippen LogP contribution in [0.2, 0.25) is 0 Å². The number of sulfone groups is 1. The van der Waals surface area contributed by atoms with E-state index in [0.717, 1.165) is 16.3 Å². The number of ketones is 1. The molecule has 5 rings (SSSR count). The van der Waals surface area contributed by atoms with E-state index >= 15 is 0 Å². The molecule has 2 saturated carbocycles. The van der Waals surface area contributed by atoms with Gasteiger partial charge in [0.25, 0.3) is 0 Å². The Balaban J connectivity index is 1.43. The Hall–Kier alpha value is -3.58. The molecule has 2 aliphatic carbocycles. The molecule has 3 heterocycles. The topological polar surface area (TPSA) is 149 Å². The number of pyridine rings is 1. The van der Waals surface area contributed by atoms with Gasteiger partial charge in [-0.3, -0.25) is 24.2 Å². The molecular formula is C37H49N3O8S2. The Labute approximate surface area is 299 Å². The van der Waals surface area contributed by atoms with E-state index in [1.807, 2.05) is 51.3 Å². The van der Waals surface area contributed by atoms with Gasteiger partial charge in [0.05, 0.1) is 34.7 Å². The van der Waals surface area contributed by atoms with Gasteiger partial charge in [0.2, 0.25) is 11.8 Å². The molecule has 13 heteroatoms. The molecule has 272 valence electrons. The number of nitrogens with zero attached hydrogens (tertiary/aromatic N) is 2. The highest BCUT2D eigenvalue weighted by molar-refractivity contribution is 7.93. The standard InChI is InChI=1S/C37H49N3O8S2/c1-9-23-19-37(23,31(41)21-50(45,46)26-12-13-26)39-33(43)29-17-25(47-24-15-22(2)38-28(16-24)30-11-10-14-49-30)20-40(29)34(44)27(35(3,4)5)18-32(42)48-36(6,7)8/h9-11,14-16,23,25-27,29H,1,12-13,17-21H2,2-8H3,(H,39,43)/t23-,25-,27-,29+,37-/m1/s1. The molecule has 5 atom stereocenters. The normalized spacial score (nSPS) is 24.3. The van der Waals surface area contributed by atoms with Gasteiger partial charge in [0.15, 0.2) is 15.6 Å². The Bertz CT molecular complexity index is 1750. The Morgan fingerprint density at radius 3 is 2.42 bits per heavy atom. The van der Waals surface area contributed by atoms with E-state index in [2.05, 4.69) is 16.9 Å². The van der Waals surface area contributed by atoms with Gasteiger partial charge in [-0.15, -0.1) is 17.9 Å². The van der Waals surface area contributed by atoms with Crippen molar-refractivity contribution in [3.05, 3.63) is 48.0 Å². The maximum absolute atomic E-state index is 14.5. The molecule has 0 spiro atoms. The number of rotatable bonds is 13. The number of Topliss-reactive ketones (excluding diaryl/α,β-unsaturated/α-hetero) is 1. The van der Waals surface area contributed by atoms with E-state index < -0.39 is 84.9 Å². The second-order valence-electron chi connectivity index (χ2n) is 15.9. The lowest BCUT2D eigenvalue weighted by molar-refractivity contribution is -0.161. The molecule has 0 aromatic carbocycles. The van der Waals surface area contributed by atoms with Crippen LogP contribution in [0.3, 0.4) is 0 Å². The van der Waals surface area contributed by atoms with Crippen LogP contribution in [-0.2, 0) is 33.8 Å². The number of esters is 1. The molecule has 1 aliphatic heterocycles. The van der Waals surface area contributed by atoms with Crippen molar-refractivity contribution in [1.82, 2.24) is 15.2 Å². The number of amides is 2. The first-order valence-electron chi connectivity index (χ1n) is 17.1. The number of aromatic nitrogens is 1. The van der Waals surface area contributed by atoms with Crippen LogP contribution in [0.15, 0.2) is 42.3 Å². The fraction of sp³-hybridized carbons (Fsp3) is 0.595.